The Hall–Kier alpha value is -2.24. The second-order valence-corrected chi connectivity index (χ2v) is 6.40. The zero-order chi connectivity index (χ0) is 15.9. The molecule has 0 saturated carbocycles. The molecule has 2 aromatic heterocycles. The Labute approximate surface area is 135 Å². The van der Waals surface area contributed by atoms with Gasteiger partial charge in [0.15, 0.2) is 5.65 Å². The van der Waals surface area contributed by atoms with E-state index in [1.807, 2.05) is 24.4 Å². The van der Waals surface area contributed by atoms with Crippen molar-refractivity contribution in [3.8, 4) is 0 Å². The van der Waals surface area contributed by atoms with Crippen LogP contribution in [0.25, 0.3) is 5.65 Å². The molecule has 1 aliphatic heterocycles. The van der Waals surface area contributed by atoms with Gasteiger partial charge in [0.1, 0.15) is 11.9 Å². The minimum Gasteiger partial charge on any atom is -0.384 e. The van der Waals surface area contributed by atoms with Gasteiger partial charge in [-0.1, -0.05) is 24.3 Å². The molecule has 5 heteroatoms. The summed E-state index contributed by atoms with van der Waals surface area (Å²) < 4.78 is 1.76. The number of aromatic nitrogens is 3. The summed E-state index contributed by atoms with van der Waals surface area (Å²) in [5, 5.41) is 15.2. The molecule has 0 spiro atoms. The molecule has 4 rings (SSSR count). The molecule has 118 valence electrons. The number of aliphatic hydroxyl groups is 1. The van der Waals surface area contributed by atoms with Crippen LogP contribution in [-0.4, -0.2) is 37.7 Å². The zero-order valence-corrected chi connectivity index (χ0v) is 13.2. The smallest absolute Gasteiger partial charge is 0.155 e. The average molecular weight is 308 g/mol. The van der Waals surface area contributed by atoms with Crippen LogP contribution in [-0.2, 0) is 12.1 Å². The Bertz CT molecular complexity index is 844. The first-order valence-corrected chi connectivity index (χ1v) is 7.93. The number of rotatable bonds is 3. The number of likely N-dealkylation sites (tertiary alicyclic amines) is 1. The maximum Gasteiger partial charge on any atom is 0.155 e. The van der Waals surface area contributed by atoms with E-state index in [4.69, 9.17) is 0 Å². The van der Waals surface area contributed by atoms with Crippen molar-refractivity contribution in [2.24, 2.45) is 0 Å². The molecule has 1 unspecified atom stereocenters. The fourth-order valence-electron chi connectivity index (χ4n) is 3.53. The highest BCUT2D eigenvalue weighted by atomic mass is 16.3. The van der Waals surface area contributed by atoms with Crippen LogP contribution in [0.5, 0.6) is 0 Å². The van der Waals surface area contributed by atoms with Crippen LogP contribution in [0.3, 0.4) is 0 Å². The van der Waals surface area contributed by atoms with Gasteiger partial charge in [0.2, 0.25) is 0 Å². The number of aryl methyl sites for hydroxylation is 1. The largest absolute Gasteiger partial charge is 0.384 e. The fourth-order valence-corrected chi connectivity index (χ4v) is 3.53. The van der Waals surface area contributed by atoms with Gasteiger partial charge in [0.25, 0.3) is 0 Å². The van der Waals surface area contributed by atoms with Crippen molar-refractivity contribution in [3.05, 3.63) is 65.6 Å². The average Bonchev–Trinajstić information content (AvgIpc) is 3.15. The lowest BCUT2D eigenvalue weighted by molar-refractivity contribution is 0.0447. The highest BCUT2D eigenvalue weighted by Gasteiger charge is 2.38. The topological polar surface area (TPSA) is 53.7 Å². The Morgan fingerprint density at radius 2 is 2.13 bits per heavy atom. The molecule has 1 atom stereocenters. The quantitative estimate of drug-likeness (QED) is 0.805. The van der Waals surface area contributed by atoms with E-state index < -0.39 is 5.60 Å². The van der Waals surface area contributed by atoms with Crippen molar-refractivity contribution < 1.29 is 5.11 Å². The van der Waals surface area contributed by atoms with Crippen LogP contribution in [0.15, 0.2) is 48.9 Å². The molecule has 1 aromatic carbocycles. The SMILES string of the molecule is Cc1ccccc1C1(O)CCN(Cc2ccn3ncnc3c2)C1. The Balaban J connectivity index is 1.53. The van der Waals surface area contributed by atoms with Gasteiger partial charge in [0.05, 0.1) is 0 Å². The molecule has 1 fully saturated rings. The molecule has 23 heavy (non-hydrogen) atoms. The summed E-state index contributed by atoms with van der Waals surface area (Å²) in [6.07, 6.45) is 4.26. The predicted octanol–water partition coefficient (Wildman–Crippen LogP) is 2.13. The van der Waals surface area contributed by atoms with E-state index in [-0.39, 0.29) is 0 Å². The van der Waals surface area contributed by atoms with E-state index in [9.17, 15) is 5.11 Å². The van der Waals surface area contributed by atoms with Gasteiger partial charge in [-0.05, 0) is 42.2 Å². The molecule has 1 N–H and O–H groups in total. The number of hydrogen-bond donors (Lipinski definition) is 1. The standard InChI is InChI=1S/C18H20N4O/c1-14-4-2-3-5-16(14)18(23)7-9-21(12-18)11-15-6-8-22-17(10-15)19-13-20-22/h2-6,8,10,13,23H,7,9,11-12H2,1H3. The third-order valence-electron chi connectivity index (χ3n) is 4.72. The van der Waals surface area contributed by atoms with E-state index in [2.05, 4.69) is 40.1 Å². The van der Waals surface area contributed by atoms with E-state index >= 15 is 0 Å². The number of fused-ring (bicyclic) bond motifs is 1. The lowest BCUT2D eigenvalue weighted by Crippen LogP contribution is -2.31. The minimum absolute atomic E-state index is 0.662. The lowest BCUT2D eigenvalue weighted by Gasteiger charge is -2.25. The predicted molar refractivity (Wildman–Crippen MR) is 88.0 cm³/mol. The zero-order valence-electron chi connectivity index (χ0n) is 13.2. The van der Waals surface area contributed by atoms with E-state index in [1.54, 1.807) is 10.8 Å². The Morgan fingerprint density at radius 1 is 1.26 bits per heavy atom. The van der Waals surface area contributed by atoms with Gasteiger partial charge in [-0.3, -0.25) is 4.90 Å². The molecule has 3 aromatic rings. The van der Waals surface area contributed by atoms with Crippen LogP contribution in [0.4, 0.5) is 0 Å². The fraction of sp³-hybridized carbons (Fsp3) is 0.333. The van der Waals surface area contributed by atoms with Gasteiger partial charge in [-0.15, -0.1) is 0 Å². The molecule has 5 nitrogen and oxygen atoms in total. The highest BCUT2D eigenvalue weighted by molar-refractivity contribution is 5.39. The summed E-state index contributed by atoms with van der Waals surface area (Å²) in [7, 11) is 0. The molecule has 3 heterocycles. The Kier molecular flexibility index (Phi) is 3.39. The molecule has 0 aliphatic carbocycles. The van der Waals surface area contributed by atoms with Gasteiger partial charge in [0, 0.05) is 25.8 Å². The summed E-state index contributed by atoms with van der Waals surface area (Å²) in [5.41, 5.74) is 3.51. The summed E-state index contributed by atoms with van der Waals surface area (Å²) in [6.45, 7) is 4.44. The van der Waals surface area contributed by atoms with E-state index in [0.29, 0.717) is 6.54 Å². The maximum atomic E-state index is 11.1. The van der Waals surface area contributed by atoms with Crippen LogP contribution in [0.2, 0.25) is 0 Å². The third-order valence-corrected chi connectivity index (χ3v) is 4.72. The molecule has 1 aliphatic rings. The number of β-amino-alcohol motifs (C(OH)–C–C–N with tert-alkyl or cyclic N) is 1. The van der Waals surface area contributed by atoms with Crippen molar-refractivity contribution in [1.82, 2.24) is 19.5 Å². The summed E-state index contributed by atoms with van der Waals surface area (Å²) in [6, 6.07) is 12.2. The van der Waals surface area contributed by atoms with Crippen LogP contribution >= 0.6 is 0 Å². The van der Waals surface area contributed by atoms with Crippen molar-refractivity contribution in [3.63, 3.8) is 0 Å². The number of benzene rings is 1. The van der Waals surface area contributed by atoms with Crippen LogP contribution in [0.1, 0.15) is 23.1 Å². The maximum absolute atomic E-state index is 11.1. The van der Waals surface area contributed by atoms with Crippen molar-refractivity contribution in [2.75, 3.05) is 13.1 Å². The molecule has 0 bridgehead atoms. The van der Waals surface area contributed by atoms with Gasteiger partial charge in [-0.25, -0.2) is 9.50 Å². The monoisotopic (exact) mass is 308 g/mol. The number of pyridine rings is 1. The normalized spacial score (nSPS) is 22.0. The van der Waals surface area contributed by atoms with Crippen molar-refractivity contribution in [2.45, 2.75) is 25.5 Å². The third kappa shape index (κ3) is 2.62. The second kappa shape index (κ2) is 5.44. The summed E-state index contributed by atoms with van der Waals surface area (Å²) >= 11 is 0. The summed E-state index contributed by atoms with van der Waals surface area (Å²) in [5.74, 6) is 0. The first kappa shape index (κ1) is 14.4. The minimum atomic E-state index is -0.746. The van der Waals surface area contributed by atoms with Gasteiger partial charge >= 0.3 is 0 Å². The van der Waals surface area contributed by atoms with Gasteiger partial charge < -0.3 is 5.11 Å². The summed E-state index contributed by atoms with van der Waals surface area (Å²) in [4.78, 5) is 6.53. The van der Waals surface area contributed by atoms with E-state index in [1.165, 1.54) is 5.56 Å². The van der Waals surface area contributed by atoms with E-state index in [0.717, 1.165) is 36.3 Å². The number of hydrogen-bond acceptors (Lipinski definition) is 4. The number of nitrogens with zero attached hydrogens (tertiary/aromatic N) is 4. The van der Waals surface area contributed by atoms with Crippen LogP contribution in [0, 0.1) is 6.92 Å². The highest BCUT2D eigenvalue weighted by Crippen LogP contribution is 2.34. The first-order chi connectivity index (χ1) is 11.1. The molecule has 0 radical (unpaired) electrons. The molecular weight excluding hydrogens is 288 g/mol. The molecule has 0 amide bonds. The molecule has 1 saturated heterocycles. The lowest BCUT2D eigenvalue weighted by atomic mass is 9.89. The molecular formula is C18H20N4O. The first-order valence-electron chi connectivity index (χ1n) is 7.93. The van der Waals surface area contributed by atoms with Crippen molar-refractivity contribution in [1.29, 1.82) is 0 Å². The van der Waals surface area contributed by atoms with Crippen LogP contribution < -0.4 is 0 Å². The van der Waals surface area contributed by atoms with Crippen molar-refractivity contribution >= 4 is 5.65 Å². The Morgan fingerprint density at radius 3 is 3.00 bits per heavy atom. The second-order valence-electron chi connectivity index (χ2n) is 6.40. The van der Waals surface area contributed by atoms with Gasteiger partial charge in [-0.2, -0.15) is 5.10 Å².